The molecule has 2 aromatic heterocycles. The molecule has 0 aromatic carbocycles. The summed E-state index contributed by atoms with van der Waals surface area (Å²) in [6.07, 6.45) is 4.89. The Morgan fingerprint density at radius 1 is 1.38 bits per heavy atom. The van der Waals surface area contributed by atoms with E-state index in [1.54, 1.807) is 32.2 Å². The molecule has 7 nitrogen and oxygen atoms in total. The number of Topliss-reactive ketones (excluding diaryl/α,β-unsaturated/α-hetero) is 2. The SMILES string of the molecule is CCc1ncc2cc(C(=O)OCC(=O)C3=CC(C)C(=O)C(C[C@H](C)O)=C3)sc2n1. The van der Waals surface area contributed by atoms with Crippen LogP contribution in [0, 0.1) is 5.92 Å². The van der Waals surface area contributed by atoms with Crippen LogP contribution < -0.4 is 0 Å². The third-order valence-corrected chi connectivity index (χ3v) is 5.53. The number of ketones is 2. The van der Waals surface area contributed by atoms with Crippen LogP contribution in [0.2, 0.25) is 0 Å². The largest absolute Gasteiger partial charge is 0.453 e. The molecule has 8 heteroatoms. The highest BCUT2D eigenvalue weighted by atomic mass is 32.1. The van der Waals surface area contributed by atoms with Crippen molar-refractivity contribution in [3.8, 4) is 0 Å². The molecule has 0 saturated carbocycles. The fourth-order valence-electron chi connectivity index (χ4n) is 3.02. The van der Waals surface area contributed by atoms with Crippen molar-refractivity contribution < 1.29 is 24.2 Å². The lowest BCUT2D eigenvalue weighted by molar-refractivity contribution is -0.118. The predicted octanol–water partition coefficient (Wildman–Crippen LogP) is 2.82. The number of fused-ring (bicyclic) bond motifs is 1. The number of ether oxygens (including phenoxy) is 1. The average molecular weight is 414 g/mol. The molecule has 2 heterocycles. The van der Waals surface area contributed by atoms with E-state index in [2.05, 4.69) is 9.97 Å². The van der Waals surface area contributed by atoms with Gasteiger partial charge < -0.3 is 9.84 Å². The van der Waals surface area contributed by atoms with Gasteiger partial charge in [0.05, 0.1) is 6.10 Å². The Labute approximate surface area is 172 Å². The molecule has 0 bridgehead atoms. The number of aliphatic hydroxyl groups excluding tert-OH is 1. The summed E-state index contributed by atoms with van der Waals surface area (Å²) in [6.45, 7) is 4.80. The van der Waals surface area contributed by atoms with Gasteiger partial charge >= 0.3 is 5.97 Å². The zero-order chi connectivity index (χ0) is 21.1. The highest BCUT2D eigenvalue weighted by Crippen LogP contribution is 2.25. The topological polar surface area (TPSA) is 106 Å². The molecular weight excluding hydrogens is 392 g/mol. The smallest absolute Gasteiger partial charge is 0.348 e. The monoisotopic (exact) mass is 414 g/mol. The number of carbonyl (C=O) groups is 3. The Morgan fingerprint density at radius 2 is 2.14 bits per heavy atom. The Hall–Kier alpha value is -2.71. The van der Waals surface area contributed by atoms with E-state index < -0.39 is 30.4 Å². The number of nitrogens with zero attached hydrogens (tertiary/aromatic N) is 2. The lowest BCUT2D eigenvalue weighted by Crippen LogP contribution is -2.23. The van der Waals surface area contributed by atoms with Gasteiger partial charge in [0, 0.05) is 35.9 Å². The van der Waals surface area contributed by atoms with E-state index >= 15 is 0 Å². The number of aliphatic hydroxyl groups is 1. The van der Waals surface area contributed by atoms with E-state index in [1.807, 2.05) is 6.92 Å². The molecule has 0 fully saturated rings. The molecule has 0 radical (unpaired) electrons. The van der Waals surface area contributed by atoms with Crippen molar-refractivity contribution >= 4 is 39.1 Å². The molecule has 1 aliphatic rings. The normalized spacial score (nSPS) is 17.7. The first-order valence-electron chi connectivity index (χ1n) is 9.39. The Bertz CT molecular complexity index is 1030. The third-order valence-electron chi connectivity index (χ3n) is 4.50. The number of thiophene rings is 1. The summed E-state index contributed by atoms with van der Waals surface area (Å²) < 4.78 is 5.18. The number of aryl methyl sites for hydroxylation is 1. The van der Waals surface area contributed by atoms with Crippen molar-refractivity contribution in [2.45, 2.75) is 39.7 Å². The number of esters is 1. The minimum Gasteiger partial charge on any atom is -0.453 e. The van der Waals surface area contributed by atoms with Crippen LogP contribution in [0.5, 0.6) is 0 Å². The first-order chi connectivity index (χ1) is 13.8. The van der Waals surface area contributed by atoms with Crippen LogP contribution in [0.1, 0.15) is 42.7 Å². The summed E-state index contributed by atoms with van der Waals surface area (Å²) in [4.78, 5) is 46.6. The Morgan fingerprint density at radius 3 is 2.83 bits per heavy atom. The van der Waals surface area contributed by atoms with E-state index in [1.165, 1.54) is 17.4 Å². The molecule has 1 unspecified atom stereocenters. The minimum absolute atomic E-state index is 0.114. The van der Waals surface area contributed by atoms with Crippen LogP contribution in [0.3, 0.4) is 0 Å². The van der Waals surface area contributed by atoms with E-state index in [4.69, 9.17) is 4.74 Å². The van der Waals surface area contributed by atoms with Crippen molar-refractivity contribution in [2.75, 3.05) is 6.61 Å². The van der Waals surface area contributed by atoms with Gasteiger partial charge in [-0.3, -0.25) is 9.59 Å². The fourth-order valence-corrected chi connectivity index (χ4v) is 3.93. The zero-order valence-corrected chi connectivity index (χ0v) is 17.3. The molecule has 1 N–H and O–H groups in total. The highest BCUT2D eigenvalue weighted by molar-refractivity contribution is 7.20. The van der Waals surface area contributed by atoms with Gasteiger partial charge in [-0.1, -0.05) is 19.9 Å². The molecule has 0 saturated heterocycles. The molecule has 0 aliphatic heterocycles. The van der Waals surface area contributed by atoms with Gasteiger partial charge in [0.15, 0.2) is 18.2 Å². The summed E-state index contributed by atoms with van der Waals surface area (Å²) in [5.74, 6) is -0.875. The van der Waals surface area contributed by atoms with E-state index in [0.29, 0.717) is 33.1 Å². The number of rotatable bonds is 7. The number of allylic oxidation sites excluding steroid dienone is 2. The van der Waals surface area contributed by atoms with E-state index in [0.717, 1.165) is 5.39 Å². The molecule has 0 spiro atoms. The molecule has 2 aromatic rings. The number of carbonyl (C=O) groups excluding carboxylic acids is 3. The van der Waals surface area contributed by atoms with E-state index in [9.17, 15) is 19.5 Å². The minimum atomic E-state index is -0.686. The van der Waals surface area contributed by atoms with Crippen LogP contribution in [0.15, 0.2) is 35.6 Å². The zero-order valence-electron chi connectivity index (χ0n) is 16.5. The van der Waals surface area contributed by atoms with Crippen molar-refractivity contribution in [3.63, 3.8) is 0 Å². The lowest BCUT2D eigenvalue weighted by atomic mass is 9.86. The summed E-state index contributed by atoms with van der Waals surface area (Å²) >= 11 is 1.19. The number of hydrogen-bond donors (Lipinski definition) is 1. The van der Waals surface area contributed by atoms with Gasteiger partial charge in [0.1, 0.15) is 15.5 Å². The van der Waals surface area contributed by atoms with E-state index in [-0.39, 0.29) is 12.2 Å². The van der Waals surface area contributed by atoms with Crippen molar-refractivity contribution in [2.24, 2.45) is 5.92 Å². The van der Waals surface area contributed by atoms with Crippen LogP contribution >= 0.6 is 11.3 Å². The molecule has 1 aliphatic carbocycles. The maximum Gasteiger partial charge on any atom is 0.348 e. The maximum absolute atomic E-state index is 12.5. The number of aromatic nitrogens is 2. The van der Waals surface area contributed by atoms with Crippen LogP contribution in [-0.4, -0.2) is 45.3 Å². The predicted molar refractivity (Wildman–Crippen MR) is 109 cm³/mol. The van der Waals surface area contributed by atoms with Gasteiger partial charge in [0.25, 0.3) is 0 Å². The van der Waals surface area contributed by atoms with Gasteiger partial charge in [0.2, 0.25) is 0 Å². The lowest BCUT2D eigenvalue weighted by Gasteiger charge is -2.18. The second-order valence-electron chi connectivity index (χ2n) is 7.01. The summed E-state index contributed by atoms with van der Waals surface area (Å²) in [5.41, 5.74) is 0.717. The second-order valence-corrected chi connectivity index (χ2v) is 8.04. The summed E-state index contributed by atoms with van der Waals surface area (Å²) in [7, 11) is 0. The van der Waals surface area contributed by atoms with Gasteiger partial charge in [-0.15, -0.1) is 11.3 Å². The molecule has 0 amide bonds. The summed E-state index contributed by atoms with van der Waals surface area (Å²) in [6, 6.07) is 1.65. The standard InChI is InChI=1S/C21H22N2O5S/c1-4-18-22-9-15-8-17(29-20(15)23-18)21(27)28-10-16(25)13-5-11(2)19(26)14(7-13)6-12(3)24/h5,7-9,11-12,24H,4,6,10H2,1-3H3/t11?,12-/m0/s1. The maximum atomic E-state index is 12.5. The Kier molecular flexibility index (Phi) is 6.34. The second kappa shape index (κ2) is 8.75. The van der Waals surface area contributed by atoms with Crippen molar-refractivity contribution in [1.82, 2.24) is 9.97 Å². The summed E-state index contributed by atoms with van der Waals surface area (Å²) in [5, 5.41) is 10.3. The first-order valence-corrected chi connectivity index (χ1v) is 10.2. The fraction of sp³-hybridized carbons (Fsp3) is 0.381. The first kappa shape index (κ1) is 21.0. The van der Waals surface area contributed by atoms with Gasteiger partial charge in [-0.2, -0.15) is 0 Å². The van der Waals surface area contributed by atoms with Crippen molar-refractivity contribution in [3.05, 3.63) is 46.3 Å². The molecule has 2 atom stereocenters. The van der Waals surface area contributed by atoms with Crippen LogP contribution in [-0.2, 0) is 20.7 Å². The van der Waals surface area contributed by atoms with Gasteiger partial charge in [-0.05, 0) is 24.6 Å². The highest BCUT2D eigenvalue weighted by Gasteiger charge is 2.25. The van der Waals surface area contributed by atoms with Crippen LogP contribution in [0.25, 0.3) is 10.2 Å². The molecular formula is C21H22N2O5S. The molecule has 152 valence electrons. The van der Waals surface area contributed by atoms with Crippen molar-refractivity contribution in [1.29, 1.82) is 0 Å². The Balaban J connectivity index is 1.68. The quantitative estimate of drug-likeness (QED) is 0.694. The van der Waals surface area contributed by atoms with Gasteiger partial charge in [-0.25, -0.2) is 14.8 Å². The molecule has 3 rings (SSSR count). The van der Waals surface area contributed by atoms with Crippen LogP contribution in [0.4, 0.5) is 0 Å². The third kappa shape index (κ3) is 4.83. The number of hydrogen-bond acceptors (Lipinski definition) is 8. The average Bonchev–Trinajstić information content (AvgIpc) is 3.12. The molecule has 29 heavy (non-hydrogen) atoms.